The van der Waals surface area contributed by atoms with Crippen LogP contribution in [-0.2, 0) is 13.2 Å². The van der Waals surface area contributed by atoms with Crippen molar-refractivity contribution >= 4 is 24.4 Å². The van der Waals surface area contributed by atoms with E-state index in [0.29, 0.717) is 35.3 Å². The molecule has 1 N–H and O–H groups in total. The molecule has 152 valence electrons. The summed E-state index contributed by atoms with van der Waals surface area (Å²) in [7, 11) is 5.23. The van der Waals surface area contributed by atoms with Gasteiger partial charge in [-0.05, 0) is 60.7 Å². The van der Waals surface area contributed by atoms with E-state index in [2.05, 4.69) is 15.0 Å². The zero-order valence-corrected chi connectivity index (χ0v) is 17.4. The highest BCUT2D eigenvalue weighted by Gasteiger charge is 2.08. The Morgan fingerprint density at radius 1 is 1.10 bits per heavy atom. The summed E-state index contributed by atoms with van der Waals surface area (Å²) in [6.45, 7) is 1.24. The zero-order valence-electron chi connectivity index (χ0n) is 16.6. The molecule has 3 aromatic rings. The van der Waals surface area contributed by atoms with Gasteiger partial charge in [0.1, 0.15) is 11.6 Å². The van der Waals surface area contributed by atoms with E-state index in [4.69, 9.17) is 21.7 Å². The zero-order chi connectivity index (χ0) is 20.8. The third-order valence-electron chi connectivity index (χ3n) is 4.28. The van der Waals surface area contributed by atoms with Gasteiger partial charge in [-0.25, -0.2) is 9.07 Å². The van der Waals surface area contributed by atoms with Crippen molar-refractivity contribution in [3.8, 4) is 11.5 Å². The summed E-state index contributed by atoms with van der Waals surface area (Å²) in [6, 6.07) is 12.1. The van der Waals surface area contributed by atoms with E-state index in [1.54, 1.807) is 31.0 Å². The molecule has 1 heterocycles. The normalized spacial score (nSPS) is 11.3. The first-order chi connectivity index (χ1) is 14.0. The maximum absolute atomic E-state index is 13.0. The van der Waals surface area contributed by atoms with Crippen molar-refractivity contribution in [1.29, 1.82) is 0 Å². The molecule has 3 rings (SSSR count). The van der Waals surface area contributed by atoms with Gasteiger partial charge >= 0.3 is 0 Å². The van der Waals surface area contributed by atoms with Gasteiger partial charge in [0.15, 0.2) is 11.5 Å². The molecular weight excluding hydrogens is 391 g/mol. The van der Waals surface area contributed by atoms with E-state index < -0.39 is 0 Å². The second-order valence-corrected chi connectivity index (χ2v) is 6.91. The molecule has 0 aliphatic carbocycles. The van der Waals surface area contributed by atoms with Crippen LogP contribution in [0.2, 0.25) is 0 Å². The average Bonchev–Trinajstić information content (AvgIpc) is 3.06. The number of methoxy groups -OCH3 is 2. The number of nitrogens with zero attached hydrogens (tertiary/aromatic N) is 3. The minimum absolute atomic E-state index is 0.261. The first-order valence-electron chi connectivity index (χ1n) is 8.98. The number of benzene rings is 2. The Hall–Kier alpha value is -2.97. The summed E-state index contributed by atoms with van der Waals surface area (Å²) in [4.78, 5) is 6.45. The molecule has 0 bridgehead atoms. The van der Waals surface area contributed by atoms with E-state index in [1.807, 2.05) is 37.4 Å². The molecule has 0 aliphatic rings. The molecule has 0 saturated heterocycles. The molecule has 0 saturated carbocycles. The fraction of sp³-hybridized carbons (Fsp3) is 0.238. The molecule has 0 amide bonds. The van der Waals surface area contributed by atoms with Crippen molar-refractivity contribution in [1.82, 2.24) is 19.7 Å². The van der Waals surface area contributed by atoms with Crippen molar-refractivity contribution in [3.63, 3.8) is 0 Å². The molecule has 2 aromatic carbocycles. The van der Waals surface area contributed by atoms with Gasteiger partial charge in [-0.2, -0.15) is 4.98 Å². The number of nitrogens with one attached hydrogen (secondary N) is 1. The predicted molar refractivity (Wildman–Crippen MR) is 114 cm³/mol. The number of hydrogen-bond donors (Lipinski definition) is 1. The molecule has 8 heteroatoms. The number of aromatic amines is 1. The van der Waals surface area contributed by atoms with Crippen LogP contribution in [0, 0.1) is 10.6 Å². The van der Waals surface area contributed by atoms with E-state index in [0.717, 1.165) is 11.1 Å². The summed E-state index contributed by atoms with van der Waals surface area (Å²) in [5, 5.41) is 3.17. The second kappa shape index (κ2) is 9.49. The largest absolute Gasteiger partial charge is 0.493 e. The highest BCUT2D eigenvalue weighted by atomic mass is 32.1. The highest BCUT2D eigenvalue weighted by molar-refractivity contribution is 7.71. The topological polar surface area (TPSA) is 55.3 Å². The molecule has 6 nitrogen and oxygen atoms in total. The van der Waals surface area contributed by atoms with Crippen LogP contribution in [0.3, 0.4) is 0 Å². The number of hydrogen-bond acceptors (Lipinski definition) is 5. The van der Waals surface area contributed by atoms with Crippen molar-refractivity contribution in [2.45, 2.75) is 13.2 Å². The molecule has 29 heavy (non-hydrogen) atoms. The lowest BCUT2D eigenvalue weighted by atomic mass is 10.2. The molecule has 0 atom stereocenters. The van der Waals surface area contributed by atoms with Crippen molar-refractivity contribution in [2.75, 3.05) is 21.3 Å². The van der Waals surface area contributed by atoms with Crippen molar-refractivity contribution < 1.29 is 13.9 Å². The van der Waals surface area contributed by atoms with Crippen LogP contribution >= 0.6 is 12.2 Å². The van der Waals surface area contributed by atoms with Crippen LogP contribution in [0.5, 0.6) is 11.5 Å². The quantitative estimate of drug-likeness (QED) is 0.555. The standard InChI is InChI=1S/C21H23FN4O2S/c1-25(13-16-6-10-18(27-2)19(12-16)28-3)14-26-21(29)23-20(24-26)11-7-15-4-8-17(22)9-5-15/h4-12H,13-14H2,1-3H3,(H,23,24,29). The predicted octanol–water partition coefficient (Wildman–Crippen LogP) is 4.36. The van der Waals surface area contributed by atoms with Gasteiger partial charge in [-0.3, -0.25) is 10.00 Å². The lowest BCUT2D eigenvalue weighted by molar-refractivity contribution is 0.243. The molecule has 0 fully saturated rings. The summed E-state index contributed by atoms with van der Waals surface area (Å²) in [5.74, 6) is 1.78. The summed E-state index contributed by atoms with van der Waals surface area (Å²) < 4.78 is 25.9. The summed E-state index contributed by atoms with van der Waals surface area (Å²) in [6.07, 6.45) is 3.67. The first-order valence-corrected chi connectivity index (χ1v) is 9.39. The van der Waals surface area contributed by atoms with Crippen molar-refractivity contribution in [2.24, 2.45) is 0 Å². The average molecular weight is 415 g/mol. The van der Waals surface area contributed by atoms with E-state index in [-0.39, 0.29) is 5.82 Å². The van der Waals surface area contributed by atoms with E-state index >= 15 is 0 Å². The Labute approximate surface area is 174 Å². The van der Waals surface area contributed by atoms with Crippen LogP contribution in [0.25, 0.3) is 12.2 Å². The van der Waals surface area contributed by atoms with Crippen LogP contribution in [0.1, 0.15) is 17.0 Å². The number of halogens is 1. The molecule has 1 aromatic heterocycles. The number of rotatable bonds is 8. The Morgan fingerprint density at radius 2 is 1.83 bits per heavy atom. The third-order valence-corrected chi connectivity index (χ3v) is 4.60. The summed E-state index contributed by atoms with van der Waals surface area (Å²) >= 11 is 5.35. The van der Waals surface area contributed by atoms with Gasteiger partial charge in [-0.15, -0.1) is 0 Å². The van der Waals surface area contributed by atoms with Gasteiger partial charge in [0.25, 0.3) is 0 Å². The second-order valence-electron chi connectivity index (χ2n) is 6.55. The summed E-state index contributed by atoms with van der Waals surface area (Å²) in [5.41, 5.74) is 1.97. The highest BCUT2D eigenvalue weighted by Crippen LogP contribution is 2.27. The van der Waals surface area contributed by atoms with E-state index in [9.17, 15) is 4.39 Å². The lowest BCUT2D eigenvalue weighted by Gasteiger charge is -2.18. The number of ether oxygens (including phenoxy) is 2. The first kappa shape index (κ1) is 20.8. The fourth-order valence-electron chi connectivity index (χ4n) is 2.88. The van der Waals surface area contributed by atoms with Gasteiger partial charge < -0.3 is 9.47 Å². The molecule has 0 radical (unpaired) electrons. The molecule has 0 unspecified atom stereocenters. The lowest BCUT2D eigenvalue weighted by Crippen LogP contribution is -2.22. The van der Waals surface area contributed by atoms with Crippen molar-refractivity contribution in [3.05, 3.63) is 70.0 Å². The van der Waals surface area contributed by atoms with Crippen LogP contribution in [-0.4, -0.2) is 40.9 Å². The van der Waals surface area contributed by atoms with Gasteiger partial charge in [0, 0.05) is 6.54 Å². The maximum atomic E-state index is 13.0. The Balaban J connectivity index is 1.66. The van der Waals surface area contributed by atoms with Gasteiger partial charge in [0.2, 0.25) is 4.77 Å². The molecular formula is C21H23FN4O2S. The minimum Gasteiger partial charge on any atom is -0.493 e. The third kappa shape index (κ3) is 5.52. The van der Waals surface area contributed by atoms with E-state index in [1.165, 1.54) is 12.1 Å². The smallest absolute Gasteiger partial charge is 0.217 e. The maximum Gasteiger partial charge on any atom is 0.217 e. The van der Waals surface area contributed by atoms with Crippen LogP contribution in [0.4, 0.5) is 4.39 Å². The van der Waals surface area contributed by atoms with Gasteiger partial charge in [0.05, 0.1) is 20.9 Å². The SMILES string of the molecule is COc1ccc(CN(C)Cn2[nH]c(C=Cc3ccc(F)cc3)nc2=S)cc1OC. The Bertz CT molecular complexity index is 1040. The molecule has 0 spiro atoms. The number of aromatic nitrogens is 3. The van der Waals surface area contributed by atoms with Crippen LogP contribution < -0.4 is 9.47 Å². The molecule has 0 aliphatic heterocycles. The monoisotopic (exact) mass is 414 g/mol. The Morgan fingerprint density at radius 3 is 2.52 bits per heavy atom. The number of H-pyrrole nitrogens is 1. The fourth-order valence-corrected chi connectivity index (χ4v) is 3.08. The Kier molecular flexibility index (Phi) is 6.79. The van der Waals surface area contributed by atoms with Gasteiger partial charge in [-0.1, -0.05) is 24.3 Å². The van der Waals surface area contributed by atoms with Crippen LogP contribution in [0.15, 0.2) is 42.5 Å². The minimum atomic E-state index is -0.261.